The Morgan fingerprint density at radius 2 is 1.71 bits per heavy atom. The fourth-order valence-corrected chi connectivity index (χ4v) is 3.35. The molecule has 2 rings (SSSR count). The minimum absolute atomic E-state index is 0.221. The predicted octanol–water partition coefficient (Wildman–Crippen LogP) is 3.10. The van der Waals surface area contributed by atoms with E-state index >= 15 is 0 Å². The lowest BCUT2D eigenvalue weighted by atomic mass is 9.68. The van der Waals surface area contributed by atoms with Crippen LogP contribution in [0, 0.1) is 5.41 Å². The average Bonchev–Trinajstić information content (AvgIpc) is 2.39. The first-order chi connectivity index (χ1) is 8.17. The van der Waals surface area contributed by atoms with Crippen LogP contribution < -0.4 is 0 Å². The second-order valence-corrected chi connectivity index (χ2v) is 5.84. The Balaban J connectivity index is 1.87. The lowest BCUT2D eigenvalue weighted by molar-refractivity contribution is 0.0721. The van der Waals surface area contributed by atoms with E-state index in [1.54, 1.807) is 0 Å². The maximum absolute atomic E-state index is 12.1. The molecule has 0 bridgehead atoms. The Hall–Kier alpha value is -0.730. The van der Waals surface area contributed by atoms with Crippen LogP contribution in [0.15, 0.2) is 0 Å². The summed E-state index contributed by atoms with van der Waals surface area (Å²) in [5.74, 6) is 0. The van der Waals surface area contributed by atoms with Crippen molar-refractivity contribution in [1.82, 2.24) is 9.80 Å². The van der Waals surface area contributed by atoms with Crippen LogP contribution in [0.1, 0.15) is 51.9 Å². The first-order valence-electron chi connectivity index (χ1n) is 7.17. The highest BCUT2D eigenvalue weighted by Crippen LogP contribution is 2.44. The molecule has 0 unspecified atom stereocenters. The van der Waals surface area contributed by atoms with E-state index < -0.39 is 0 Å². The fraction of sp³-hybridized carbons (Fsp3) is 0.929. The van der Waals surface area contributed by atoms with Crippen molar-refractivity contribution >= 4 is 6.03 Å². The van der Waals surface area contributed by atoms with Crippen molar-refractivity contribution in [2.24, 2.45) is 5.41 Å². The molecular formula is C14H26N2O. The number of amides is 2. The zero-order valence-electron chi connectivity index (χ0n) is 11.4. The smallest absolute Gasteiger partial charge is 0.319 e. The molecule has 1 saturated carbocycles. The van der Waals surface area contributed by atoms with Crippen LogP contribution in [0.4, 0.5) is 4.79 Å². The molecule has 3 heteroatoms. The highest BCUT2D eigenvalue weighted by Gasteiger charge is 2.36. The third-order valence-electron chi connectivity index (χ3n) is 4.81. The van der Waals surface area contributed by atoms with Gasteiger partial charge in [-0.25, -0.2) is 4.79 Å². The second kappa shape index (κ2) is 5.28. The lowest BCUT2D eigenvalue weighted by Gasteiger charge is -2.44. The summed E-state index contributed by atoms with van der Waals surface area (Å²) in [6.07, 6.45) is 9.50. The van der Waals surface area contributed by atoms with Crippen molar-refractivity contribution < 1.29 is 4.79 Å². The highest BCUT2D eigenvalue weighted by atomic mass is 16.2. The van der Waals surface area contributed by atoms with Gasteiger partial charge in [0.1, 0.15) is 0 Å². The maximum atomic E-state index is 12.1. The van der Waals surface area contributed by atoms with E-state index in [0.717, 1.165) is 19.6 Å². The third-order valence-corrected chi connectivity index (χ3v) is 4.81. The molecule has 2 aliphatic rings. The van der Waals surface area contributed by atoms with Crippen LogP contribution in [-0.2, 0) is 0 Å². The molecule has 1 heterocycles. The van der Waals surface area contributed by atoms with Crippen LogP contribution in [0.5, 0.6) is 0 Å². The molecule has 1 aliphatic heterocycles. The zero-order chi connectivity index (χ0) is 12.3. The Morgan fingerprint density at radius 3 is 2.24 bits per heavy atom. The number of likely N-dealkylation sites (tertiary alicyclic amines) is 1. The van der Waals surface area contributed by atoms with E-state index in [4.69, 9.17) is 0 Å². The molecule has 1 aliphatic carbocycles. The summed E-state index contributed by atoms with van der Waals surface area (Å²) in [6, 6.07) is 0.221. The van der Waals surface area contributed by atoms with Gasteiger partial charge in [0.05, 0.1) is 0 Å². The van der Waals surface area contributed by atoms with Crippen molar-refractivity contribution in [2.75, 3.05) is 26.7 Å². The molecule has 0 aromatic carbocycles. The molecule has 0 N–H and O–H groups in total. The van der Waals surface area contributed by atoms with Gasteiger partial charge in [0.15, 0.2) is 0 Å². The number of hydrogen-bond donors (Lipinski definition) is 0. The van der Waals surface area contributed by atoms with Gasteiger partial charge in [0, 0.05) is 26.7 Å². The summed E-state index contributed by atoms with van der Waals surface area (Å²) < 4.78 is 0. The number of carbonyl (C=O) groups excluding carboxylic acids is 1. The summed E-state index contributed by atoms with van der Waals surface area (Å²) in [5, 5.41) is 0. The van der Waals surface area contributed by atoms with E-state index in [9.17, 15) is 4.79 Å². The van der Waals surface area contributed by atoms with Gasteiger partial charge >= 0.3 is 6.03 Å². The molecule has 17 heavy (non-hydrogen) atoms. The molecule has 98 valence electrons. The molecule has 2 fully saturated rings. The van der Waals surface area contributed by atoms with Crippen LogP contribution in [0.25, 0.3) is 0 Å². The van der Waals surface area contributed by atoms with Gasteiger partial charge in [0.2, 0.25) is 0 Å². The van der Waals surface area contributed by atoms with Gasteiger partial charge in [-0.3, -0.25) is 0 Å². The quantitative estimate of drug-likeness (QED) is 0.688. The summed E-state index contributed by atoms with van der Waals surface area (Å²) in [7, 11) is 1.90. The molecular weight excluding hydrogens is 212 g/mol. The number of piperidine rings is 1. The summed E-state index contributed by atoms with van der Waals surface area (Å²) >= 11 is 0. The topological polar surface area (TPSA) is 23.6 Å². The van der Waals surface area contributed by atoms with Crippen LogP contribution in [0.3, 0.4) is 0 Å². The van der Waals surface area contributed by atoms with E-state index in [-0.39, 0.29) is 6.03 Å². The van der Waals surface area contributed by atoms with Gasteiger partial charge in [-0.15, -0.1) is 0 Å². The monoisotopic (exact) mass is 238 g/mol. The number of carbonyl (C=O) groups is 1. The Morgan fingerprint density at radius 1 is 1.12 bits per heavy atom. The number of rotatable bonds is 1. The van der Waals surface area contributed by atoms with Crippen molar-refractivity contribution in [1.29, 1.82) is 0 Å². The number of urea groups is 1. The number of nitrogens with zero attached hydrogens (tertiary/aromatic N) is 2. The largest absolute Gasteiger partial charge is 0.328 e. The van der Waals surface area contributed by atoms with E-state index in [0.29, 0.717) is 5.41 Å². The van der Waals surface area contributed by atoms with Crippen LogP contribution in [-0.4, -0.2) is 42.5 Å². The van der Waals surface area contributed by atoms with Gasteiger partial charge < -0.3 is 9.80 Å². The van der Waals surface area contributed by atoms with Crippen molar-refractivity contribution in [3.8, 4) is 0 Å². The second-order valence-electron chi connectivity index (χ2n) is 5.84. The van der Waals surface area contributed by atoms with Crippen LogP contribution in [0.2, 0.25) is 0 Å². The maximum Gasteiger partial charge on any atom is 0.319 e. The standard InChI is InChI=1S/C14H26N2O/c1-3-15(2)13(17)16-11-9-14(10-12-16)7-5-4-6-8-14/h3-12H2,1-2H3. The molecule has 0 atom stereocenters. The molecule has 0 aromatic heterocycles. The zero-order valence-corrected chi connectivity index (χ0v) is 11.4. The minimum atomic E-state index is 0.221. The van der Waals surface area contributed by atoms with E-state index in [2.05, 4.69) is 0 Å². The average molecular weight is 238 g/mol. The minimum Gasteiger partial charge on any atom is -0.328 e. The molecule has 0 radical (unpaired) electrons. The van der Waals surface area contributed by atoms with E-state index in [1.165, 1.54) is 44.9 Å². The van der Waals surface area contributed by atoms with Crippen molar-refractivity contribution in [2.45, 2.75) is 51.9 Å². The molecule has 0 aromatic rings. The van der Waals surface area contributed by atoms with Crippen LogP contribution >= 0.6 is 0 Å². The summed E-state index contributed by atoms with van der Waals surface area (Å²) in [6.45, 7) is 4.79. The Kier molecular flexibility index (Phi) is 3.95. The Labute approximate surface area is 105 Å². The normalized spacial score (nSPS) is 23.8. The summed E-state index contributed by atoms with van der Waals surface area (Å²) in [4.78, 5) is 15.9. The number of hydrogen-bond acceptors (Lipinski definition) is 1. The first-order valence-corrected chi connectivity index (χ1v) is 7.17. The fourth-order valence-electron chi connectivity index (χ4n) is 3.35. The van der Waals surface area contributed by atoms with Gasteiger partial charge in [0.25, 0.3) is 0 Å². The SMILES string of the molecule is CCN(C)C(=O)N1CCC2(CCCCC2)CC1. The lowest BCUT2D eigenvalue weighted by Crippen LogP contribution is -2.48. The predicted molar refractivity (Wildman–Crippen MR) is 70.0 cm³/mol. The molecule has 1 saturated heterocycles. The highest BCUT2D eigenvalue weighted by molar-refractivity contribution is 5.74. The first kappa shape index (κ1) is 12.7. The third kappa shape index (κ3) is 2.75. The van der Waals surface area contributed by atoms with Gasteiger partial charge in [-0.2, -0.15) is 0 Å². The molecule has 3 nitrogen and oxygen atoms in total. The Bertz CT molecular complexity index is 261. The molecule has 2 amide bonds. The van der Waals surface area contributed by atoms with Crippen molar-refractivity contribution in [3.63, 3.8) is 0 Å². The van der Waals surface area contributed by atoms with Crippen molar-refractivity contribution in [3.05, 3.63) is 0 Å². The summed E-state index contributed by atoms with van der Waals surface area (Å²) in [5.41, 5.74) is 0.597. The van der Waals surface area contributed by atoms with Gasteiger partial charge in [-0.1, -0.05) is 19.3 Å². The van der Waals surface area contributed by atoms with Gasteiger partial charge in [-0.05, 0) is 38.0 Å². The van der Waals surface area contributed by atoms with E-state index in [1.807, 2.05) is 23.8 Å². The molecule has 1 spiro atoms.